The molecule has 2 N–H and O–H groups in total. The molecule has 1 heterocycles. The summed E-state index contributed by atoms with van der Waals surface area (Å²) in [4.78, 5) is 4.52. The van der Waals surface area contributed by atoms with Crippen molar-refractivity contribution in [2.45, 2.75) is 46.6 Å². The summed E-state index contributed by atoms with van der Waals surface area (Å²) in [7, 11) is 0. The molecule has 0 fully saturated rings. The van der Waals surface area contributed by atoms with E-state index < -0.39 is 0 Å². The number of nitrogens with zero attached hydrogens (tertiary/aromatic N) is 1. The summed E-state index contributed by atoms with van der Waals surface area (Å²) in [5, 5.41) is 12.2. The Labute approximate surface area is 104 Å². The zero-order chi connectivity index (χ0) is 12.8. The Morgan fingerprint density at radius 1 is 1.29 bits per heavy atom. The smallest absolute Gasteiger partial charge is 0.0431 e. The van der Waals surface area contributed by atoms with Gasteiger partial charge >= 0.3 is 0 Å². The van der Waals surface area contributed by atoms with Crippen LogP contribution in [0.3, 0.4) is 0 Å². The predicted octanol–water partition coefficient (Wildman–Crippen LogP) is 2.43. The van der Waals surface area contributed by atoms with E-state index >= 15 is 0 Å². The van der Waals surface area contributed by atoms with Crippen LogP contribution < -0.4 is 5.32 Å². The number of aromatic nitrogens is 1. The Bertz CT molecular complexity index is 340. The van der Waals surface area contributed by atoms with E-state index in [2.05, 4.69) is 37.1 Å². The second-order valence-electron chi connectivity index (χ2n) is 4.69. The Hall–Kier alpha value is -0.930. The summed E-state index contributed by atoms with van der Waals surface area (Å²) in [6.07, 6.45) is 1.88. The van der Waals surface area contributed by atoms with Gasteiger partial charge in [0.1, 0.15) is 0 Å². The zero-order valence-corrected chi connectivity index (χ0v) is 11.4. The molecule has 17 heavy (non-hydrogen) atoms. The Morgan fingerprint density at radius 3 is 2.59 bits per heavy atom. The van der Waals surface area contributed by atoms with E-state index in [0.717, 1.165) is 30.8 Å². The van der Waals surface area contributed by atoms with Gasteiger partial charge in [-0.15, -0.1) is 0 Å². The van der Waals surface area contributed by atoms with Gasteiger partial charge in [0.2, 0.25) is 0 Å². The third kappa shape index (κ3) is 4.10. The number of aliphatic hydroxyl groups is 1. The van der Waals surface area contributed by atoms with E-state index in [1.807, 2.05) is 6.92 Å². The van der Waals surface area contributed by atoms with Crippen molar-refractivity contribution in [3.63, 3.8) is 0 Å². The van der Waals surface area contributed by atoms with Gasteiger partial charge in [0, 0.05) is 24.0 Å². The van der Waals surface area contributed by atoms with Gasteiger partial charge in [0.15, 0.2) is 0 Å². The van der Waals surface area contributed by atoms with Gasteiger partial charge in [-0.25, -0.2) is 0 Å². The van der Waals surface area contributed by atoms with E-state index in [0.29, 0.717) is 6.04 Å². The van der Waals surface area contributed by atoms with Crippen LogP contribution in [0.2, 0.25) is 0 Å². The first-order chi connectivity index (χ1) is 8.06. The van der Waals surface area contributed by atoms with Gasteiger partial charge in [0.05, 0.1) is 0 Å². The van der Waals surface area contributed by atoms with Crippen molar-refractivity contribution in [3.05, 3.63) is 28.6 Å². The Kier molecular flexibility index (Phi) is 5.59. The van der Waals surface area contributed by atoms with Crippen LogP contribution >= 0.6 is 0 Å². The topological polar surface area (TPSA) is 45.1 Å². The number of nitrogens with one attached hydrogen (secondary N) is 1. The molecule has 0 radical (unpaired) electrons. The first kappa shape index (κ1) is 14.1. The molecule has 0 bridgehead atoms. The molecule has 1 aromatic heterocycles. The maximum absolute atomic E-state index is 8.73. The van der Waals surface area contributed by atoms with Gasteiger partial charge in [-0.1, -0.05) is 0 Å². The molecule has 0 saturated carbocycles. The largest absolute Gasteiger partial charge is 0.396 e. The lowest BCUT2D eigenvalue weighted by Crippen LogP contribution is -2.22. The molecule has 0 aromatic carbocycles. The van der Waals surface area contributed by atoms with Gasteiger partial charge in [-0.2, -0.15) is 0 Å². The second kappa shape index (κ2) is 6.72. The minimum atomic E-state index is 0.278. The van der Waals surface area contributed by atoms with Crippen LogP contribution in [-0.4, -0.2) is 23.2 Å². The van der Waals surface area contributed by atoms with Crippen LogP contribution in [0.1, 0.15) is 48.3 Å². The average molecular weight is 236 g/mol. The van der Waals surface area contributed by atoms with Gasteiger partial charge in [-0.3, -0.25) is 4.98 Å². The van der Waals surface area contributed by atoms with E-state index in [-0.39, 0.29) is 6.61 Å². The molecule has 1 atom stereocenters. The molecule has 0 aliphatic carbocycles. The highest BCUT2D eigenvalue weighted by atomic mass is 16.2. The number of rotatable bonds is 6. The molecule has 1 rings (SSSR count). The number of aliphatic hydroxyl groups excluding tert-OH is 1. The van der Waals surface area contributed by atoms with Crippen molar-refractivity contribution in [2.75, 3.05) is 13.2 Å². The van der Waals surface area contributed by atoms with Crippen molar-refractivity contribution in [1.29, 1.82) is 0 Å². The number of unbranched alkanes of at least 4 members (excludes halogenated alkanes) is 1. The molecule has 3 heteroatoms. The molecule has 0 spiro atoms. The van der Waals surface area contributed by atoms with Crippen LogP contribution in [0.4, 0.5) is 0 Å². The molecule has 0 amide bonds. The molecule has 0 aliphatic rings. The molecule has 0 saturated heterocycles. The van der Waals surface area contributed by atoms with Crippen molar-refractivity contribution in [2.24, 2.45) is 0 Å². The van der Waals surface area contributed by atoms with Crippen molar-refractivity contribution in [3.8, 4) is 0 Å². The first-order valence-corrected chi connectivity index (χ1v) is 6.35. The molecule has 1 unspecified atom stereocenters. The summed E-state index contributed by atoms with van der Waals surface area (Å²) >= 11 is 0. The molecule has 0 aliphatic heterocycles. The van der Waals surface area contributed by atoms with E-state index in [1.54, 1.807) is 0 Å². The molecular formula is C14H24N2O. The minimum Gasteiger partial charge on any atom is -0.396 e. The van der Waals surface area contributed by atoms with E-state index in [4.69, 9.17) is 5.11 Å². The van der Waals surface area contributed by atoms with E-state index in [1.165, 1.54) is 11.1 Å². The van der Waals surface area contributed by atoms with Crippen LogP contribution in [0.25, 0.3) is 0 Å². The maximum Gasteiger partial charge on any atom is 0.0431 e. The lowest BCUT2D eigenvalue weighted by molar-refractivity contribution is 0.283. The molecule has 3 nitrogen and oxygen atoms in total. The van der Waals surface area contributed by atoms with Crippen LogP contribution in [0.5, 0.6) is 0 Å². The van der Waals surface area contributed by atoms with Gasteiger partial charge in [-0.05, 0) is 64.3 Å². The SMILES string of the molecule is Cc1cc(C)c(C(C)NCCCCO)c(C)n1. The fourth-order valence-corrected chi connectivity index (χ4v) is 2.35. The van der Waals surface area contributed by atoms with Crippen LogP contribution in [0.15, 0.2) is 6.07 Å². The lowest BCUT2D eigenvalue weighted by Gasteiger charge is -2.19. The third-order valence-electron chi connectivity index (χ3n) is 3.05. The summed E-state index contributed by atoms with van der Waals surface area (Å²) in [5.41, 5.74) is 4.80. The fourth-order valence-electron chi connectivity index (χ4n) is 2.35. The number of hydrogen-bond donors (Lipinski definition) is 2. The predicted molar refractivity (Wildman–Crippen MR) is 71.2 cm³/mol. The highest BCUT2D eigenvalue weighted by Gasteiger charge is 2.12. The fraction of sp³-hybridized carbons (Fsp3) is 0.643. The monoisotopic (exact) mass is 236 g/mol. The maximum atomic E-state index is 8.73. The second-order valence-corrected chi connectivity index (χ2v) is 4.69. The highest BCUT2D eigenvalue weighted by Crippen LogP contribution is 2.20. The summed E-state index contributed by atoms with van der Waals surface area (Å²) in [5.74, 6) is 0. The summed E-state index contributed by atoms with van der Waals surface area (Å²) in [6.45, 7) is 9.63. The normalized spacial score (nSPS) is 12.8. The number of aryl methyl sites for hydroxylation is 3. The number of pyridine rings is 1. The lowest BCUT2D eigenvalue weighted by atomic mass is 10.0. The van der Waals surface area contributed by atoms with Gasteiger partial charge < -0.3 is 10.4 Å². The molecule has 96 valence electrons. The number of hydrogen-bond acceptors (Lipinski definition) is 3. The van der Waals surface area contributed by atoms with Crippen molar-refractivity contribution < 1.29 is 5.11 Å². The Balaban J connectivity index is 2.65. The van der Waals surface area contributed by atoms with Crippen molar-refractivity contribution in [1.82, 2.24) is 10.3 Å². The summed E-state index contributed by atoms with van der Waals surface area (Å²) in [6, 6.07) is 2.45. The summed E-state index contributed by atoms with van der Waals surface area (Å²) < 4.78 is 0. The van der Waals surface area contributed by atoms with Crippen molar-refractivity contribution >= 4 is 0 Å². The van der Waals surface area contributed by atoms with E-state index in [9.17, 15) is 0 Å². The quantitative estimate of drug-likeness (QED) is 0.746. The minimum absolute atomic E-state index is 0.278. The molecule has 1 aromatic rings. The Morgan fingerprint density at radius 2 is 2.00 bits per heavy atom. The third-order valence-corrected chi connectivity index (χ3v) is 3.05. The highest BCUT2D eigenvalue weighted by molar-refractivity contribution is 5.33. The van der Waals surface area contributed by atoms with Crippen LogP contribution in [0, 0.1) is 20.8 Å². The van der Waals surface area contributed by atoms with Crippen LogP contribution in [-0.2, 0) is 0 Å². The van der Waals surface area contributed by atoms with Gasteiger partial charge in [0.25, 0.3) is 0 Å². The molecular weight excluding hydrogens is 212 g/mol. The first-order valence-electron chi connectivity index (χ1n) is 6.35. The zero-order valence-electron chi connectivity index (χ0n) is 11.4. The standard InChI is InChI=1S/C14H24N2O/c1-10-9-11(2)16-13(4)14(10)12(3)15-7-5-6-8-17/h9,12,15,17H,5-8H2,1-4H3. The average Bonchev–Trinajstić information content (AvgIpc) is 2.23.